The Kier molecular flexibility index (Phi) is 3.72. The van der Waals surface area contributed by atoms with E-state index in [9.17, 15) is 9.90 Å². The van der Waals surface area contributed by atoms with E-state index in [1.54, 1.807) is 22.9 Å². The number of ether oxygens (including phenoxy) is 1. The van der Waals surface area contributed by atoms with Gasteiger partial charge in [0.2, 0.25) is 5.95 Å². The van der Waals surface area contributed by atoms with Crippen LogP contribution < -0.4 is 10.1 Å². The minimum absolute atomic E-state index is 0.0514. The summed E-state index contributed by atoms with van der Waals surface area (Å²) in [6.07, 6.45) is 2.93. The van der Waals surface area contributed by atoms with Crippen molar-refractivity contribution in [1.29, 1.82) is 0 Å². The summed E-state index contributed by atoms with van der Waals surface area (Å²) >= 11 is 6.20. The zero-order chi connectivity index (χ0) is 15.7. The zero-order valence-corrected chi connectivity index (χ0v) is 12.4. The Labute approximate surface area is 131 Å². The van der Waals surface area contributed by atoms with Crippen molar-refractivity contribution in [3.8, 4) is 5.75 Å². The number of hydrogen-bond acceptors (Lipinski definition) is 5. The second-order valence-corrected chi connectivity index (χ2v) is 5.01. The highest BCUT2D eigenvalue weighted by molar-refractivity contribution is 6.32. The van der Waals surface area contributed by atoms with Crippen LogP contribution in [0.1, 0.15) is 18.5 Å². The Morgan fingerprint density at radius 2 is 2.36 bits per heavy atom. The Hall–Kier alpha value is -2.54. The fourth-order valence-corrected chi connectivity index (χ4v) is 2.51. The lowest BCUT2D eigenvalue weighted by Crippen LogP contribution is -2.24. The fourth-order valence-electron chi connectivity index (χ4n) is 2.27. The van der Waals surface area contributed by atoms with Crippen molar-refractivity contribution >= 4 is 23.5 Å². The van der Waals surface area contributed by atoms with E-state index in [1.165, 1.54) is 6.33 Å². The maximum atomic E-state index is 11.2. The number of carboxylic acid groups (broad SMARTS) is 1. The van der Waals surface area contributed by atoms with Gasteiger partial charge in [-0.1, -0.05) is 17.7 Å². The van der Waals surface area contributed by atoms with Gasteiger partial charge in [-0.2, -0.15) is 10.1 Å². The molecule has 0 amide bonds. The van der Waals surface area contributed by atoms with Gasteiger partial charge in [0.15, 0.2) is 0 Å². The summed E-state index contributed by atoms with van der Waals surface area (Å²) in [7, 11) is 0. The highest BCUT2D eigenvalue weighted by Gasteiger charge is 2.26. The van der Waals surface area contributed by atoms with Crippen LogP contribution in [-0.2, 0) is 4.79 Å². The third-order valence-electron chi connectivity index (χ3n) is 3.24. The van der Waals surface area contributed by atoms with Crippen molar-refractivity contribution in [2.45, 2.75) is 13.0 Å². The SMILES string of the molecule is CCOc1ccc(C2C=C(C(=O)O)Nc3ncnn32)cc1Cl. The molecule has 0 spiro atoms. The van der Waals surface area contributed by atoms with Gasteiger partial charge in [-0.05, 0) is 30.7 Å². The summed E-state index contributed by atoms with van der Waals surface area (Å²) in [6, 6.07) is 4.92. The minimum atomic E-state index is -1.06. The molecule has 1 atom stereocenters. The second-order valence-electron chi connectivity index (χ2n) is 4.61. The molecule has 0 fully saturated rings. The van der Waals surface area contributed by atoms with Crippen molar-refractivity contribution in [3.63, 3.8) is 0 Å². The number of allylic oxidation sites excluding steroid dienone is 1. The smallest absolute Gasteiger partial charge is 0.352 e. The summed E-state index contributed by atoms with van der Waals surface area (Å²) in [5.41, 5.74) is 0.843. The largest absolute Gasteiger partial charge is 0.492 e. The minimum Gasteiger partial charge on any atom is -0.492 e. The predicted octanol–water partition coefficient (Wildman–Crippen LogP) is 2.31. The molecule has 1 aromatic carbocycles. The van der Waals surface area contributed by atoms with Crippen LogP contribution in [0.5, 0.6) is 5.75 Å². The van der Waals surface area contributed by atoms with Gasteiger partial charge < -0.3 is 15.2 Å². The second kappa shape index (κ2) is 5.69. The molecule has 2 N–H and O–H groups in total. The topological polar surface area (TPSA) is 89.3 Å². The number of nitrogens with one attached hydrogen (secondary N) is 1. The molecule has 0 saturated heterocycles. The van der Waals surface area contributed by atoms with Crippen LogP contribution in [0.2, 0.25) is 5.02 Å². The van der Waals surface area contributed by atoms with Crippen molar-refractivity contribution < 1.29 is 14.6 Å². The first-order valence-electron chi connectivity index (χ1n) is 6.64. The first-order chi connectivity index (χ1) is 10.6. The predicted molar refractivity (Wildman–Crippen MR) is 80.1 cm³/mol. The Bertz CT molecular complexity index is 756. The average Bonchev–Trinajstić information content (AvgIpc) is 2.96. The van der Waals surface area contributed by atoms with Gasteiger partial charge in [0.1, 0.15) is 23.8 Å². The lowest BCUT2D eigenvalue weighted by molar-refractivity contribution is -0.132. The van der Waals surface area contributed by atoms with Crippen molar-refractivity contribution in [1.82, 2.24) is 14.8 Å². The number of rotatable bonds is 4. The molecule has 2 aromatic rings. The van der Waals surface area contributed by atoms with Crippen molar-refractivity contribution in [3.05, 3.63) is 46.9 Å². The molecule has 7 nitrogen and oxygen atoms in total. The quantitative estimate of drug-likeness (QED) is 0.898. The van der Waals surface area contributed by atoms with E-state index in [1.807, 2.05) is 13.0 Å². The molecular weight excluding hydrogens is 308 g/mol. The van der Waals surface area contributed by atoms with Crippen molar-refractivity contribution in [2.24, 2.45) is 0 Å². The highest BCUT2D eigenvalue weighted by Crippen LogP contribution is 2.33. The van der Waals surface area contributed by atoms with Crippen LogP contribution in [-0.4, -0.2) is 32.4 Å². The third-order valence-corrected chi connectivity index (χ3v) is 3.53. The number of anilines is 1. The number of nitrogens with zero attached hydrogens (tertiary/aromatic N) is 3. The molecule has 0 saturated carbocycles. The highest BCUT2D eigenvalue weighted by atomic mass is 35.5. The standard InChI is InChI=1S/C14H13ClN4O3/c1-2-22-12-4-3-8(5-9(12)15)11-6-10(13(20)21)18-14-16-7-17-19(11)14/h3-7,11H,2H2,1H3,(H,20,21)(H,16,17,18). The first kappa shape index (κ1) is 14.4. The Morgan fingerprint density at radius 1 is 1.55 bits per heavy atom. The molecule has 0 radical (unpaired) electrons. The van der Waals surface area contributed by atoms with Gasteiger partial charge in [0, 0.05) is 0 Å². The van der Waals surface area contributed by atoms with Crippen LogP contribution in [0.25, 0.3) is 0 Å². The molecular formula is C14H13ClN4O3. The first-order valence-corrected chi connectivity index (χ1v) is 7.02. The van der Waals surface area contributed by atoms with E-state index >= 15 is 0 Å². The van der Waals surface area contributed by atoms with E-state index < -0.39 is 12.0 Å². The Morgan fingerprint density at radius 3 is 3.05 bits per heavy atom. The van der Waals surface area contributed by atoms with Crippen LogP contribution in [0.4, 0.5) is 5.95 Å². The molecule has 1 aliphatic rings. The number of carboxylic acids is 1. The molecule has 114 valence electrons. The van der Waals surface area contributed by atoms with Gasteiger partial charge in [-0.15, -0.1) is 0 Å². The van der Waals surface area contributed by atoms with E-state index in [-0.39, 0.29) is 5.70 Å². The van der Waals surface area contributed by atoms with Gasteiger partial charge in [0.25, 0.3) is 0 Å². The summed E-state index contributed by atoms with van der Waals surface area (Å²) in [5, 5.41) is 16.5. The maximum absolute atomic E-state index is 11.2. The number of benzene rings is 1. The van der Waals surface area contributed by atoms with E-state index in [0.717, 1.165) is 5.56 Å². The van der Waals surface area contributed by atoms with E-state index in [4.69, 9.17) is 16.3 Å². The number of fused-ring (bicyclic) bond motifs is 1. The zero-order valence-electron chi connectivity index (χ0n) is 11.7. The molecule has 1 unspecified atom stereocenters. The fraction of sp³-hybridized carbons (Fsp3) is 0.214. The maximum Gasteiger partial charge on any atom is 0.352 e. The molecule has 2 heterocycles. The average molecular weight is 321 g/mol. The number of hydrogen-bond donors (Lipinski definition) is 2. The van der Waals surface area contributed by atoms with Crippen LogP contribution >= 0.6 is 11.6 Å². The molecule has 0 bridgehead atoms. The summed E-state index contributed by atoms with van der Waals surface area (Å²) in [6.45, 7) is 2.39. The number of halogens is 1. The number of aromatic nitrogens is 3. The summed E-state index contributed by atoms with van der Waals surface area (Å²) < 4.78 is 7.00. The normalized spacial score (nSPS) is 16.5. The molecule has 22 heavy (non-hydrogen) atoms. The van der Waals surface area contributed by atoms with Crippen LogP contribution in [0.15, 0.2) is 36.3 Å². The lowest BCUT2D eigenvalue weighted by Gasteiger charge is -2.22. The Balaban J connectivity index is 2.03. The van der Waals surface area contributed by atoms with E-state index in [0.29, 0.717) is 23.3 Å². The van der Waals surface area contributed by atoms with E-state index in [2.05, 4.69) is 15.4 Å². The lowest BCUT2D eigenvalue weighted by atomic mass is 10.0. The molecule has 3 rings (SSSR count). The van der Waals surface area contributed by atoms with Gasteiger partial charge >= 0.3 is 5.97 Å². The van der Waals surface area contributed by atoms with Crippen LogP contribution in [0, 0.1) is 0 Å². The molecule has 1 aliphatic heterocycles. The molecule has 1 aromatic heterocycles. The number of aliphatic carboxylic acids is 1. The van der Waals surface area contributed by atoms with Crippen LogP contribution in [0.3, 0.4) is 0 Å². The summed E-state index contributed by atoms with van der Waals surface area (Å²) in [4.78, 5) is 15.2. The molecule has 8 heteroatoms. The van der Waals surface area contributed by atoms with Gasteiger partial charge in [0.05, 0.1) is 11.6 Å². The summed E-state index contributed by atoms with van der Waals surface area (Å²) in [5.74, 6) is -0.103. The monoisotopic (exact) mass is 320 g/mol. The molecule has 0 aliphatic carbocycles. The van der Waals surface area contributed by atoms with Crippen molar-refractivity contribution in [2.75, 3.05) is 11.9 Å². The third kappa shape index (κ3) is 2.50. The van der Waals surface area contributed by atoms with Gasteiger partial charge in [-0.25, -0.2) is 9.48 Å². The van der Waals surface area contributed by atoms with Gasteiger partial charge in [-0.3, -0.25) is 0 Å². The number of carbonyl (C=O) groups is 1.